The Hall–Kier alpha value is -1.94. The summed E-state index contributed by atoms with van der Waals surface area (Å²) in [6.07, 6.45) is 4.73. The summed E-state index contributed by atoms with van der Waals surface area (Å²) in [5.41, 5.74) is 1.42. The summed E-state index contributed by atoms with van der Waals surface area (Å²) in [4.78, 5) is 19.8. The van der Waals surface area contributed by atoms with Crippen molar-refractivity contribution in [3.05, 3.63) is 52.9 Å². The van der Waals surface area contributed by atoms with Gasteiger partial charge in [-0.1, -0.05) is 11.6 Å². The maximum Gasteiger partial charge on any atom is 0.258 e. The molecule has 0 bridgehead atoms. The number of carbonyl (C=O) groups is 1. The lowest BCUT2D eigenvalue weighted by Crippen LogP contribution is -2.13. The summed E-state index contributed by atoms with van der Waals surface area (Å²) in [5, 5.41) is 3.18. The smallest absolute Gasteiger partial charge is 0.258 e. The van der Waals surface area contributed by atoms with Gasteiger partial charge in [-0.25, -0.2) is 4.98 Å². The molecule has 0 aliphatic rings. The number of hydrogen-bond acceptors (Lipinski definition) is 3. The fourth-order valence-corrected chi connectivity index (χ4v) is 1.50. The second kappa shape index (κ2) is 4.93. The molecule has 0 aromatic carbocycles. The van der Waals surface area contributed by atoms with Gasteiger partial charge in [-0.3, -0.25) is 9.78 Å². The molecule has 0 unspecified atom stereocenters. The third-order valence-electron chi connectivity index (χ3n) is 2.10. The third-order valence-corrected chi connectivity index (χ3v) is 2.34. The molecule has 1 N–H and O–H groups in total. The second-order valence-electron chi connectivity index (χ2n) is 3.56. The quantitative estimate of drug-likeness (QED) is 0.888. The van der Waals surface area contributed by atoms with Crippen LogP contribution in [0.5, 0.6) is 0 Å². The highest BCUT2D eigenvalue weighted by Crippen LogP contribution is 2.13. The first-order chi connectivity index (χ1) is 8.15. The van der Waals surface area contributed by atoms with E-state index in [1.807, 2.05) is 6.92 Å². The van der Waals surface area contributed by atoms with Gasteiger partial charge in [-0.2, -0.15) is 0 Å². The van der Waals surface area contributed by atoms with Crippen LogP contribution >= 0.6 is 11.6 Å². The Morgan fingerprint density at radius 3 is 2.88 bits per heavy atom. The zero-order chi connectivity index (χ0) is 12.3. The summed E-state index contributed by atoms with van der Waals surface area (Å²) in [6.45, 7) is 1.88. The first-order valence-corrected chi connectivity index (χ1v) is 5.37. The highest BCUT2D eigenvalue weighted by Gasteiger charge is 2.07. The van der Waals surface area contributed by atoms with Crippen molar-refractivity contribution in [2.45, 2.75) is 6.92 Å². The summed E-state index contributed by atoms with van der Waals surface area (Å²) >= 11 is 5.80. The SMILES string of the molecule is Cc1cncc(C(=O)Nc2cc(Cl)ccn2)c1. The number of nitrogens with zero attached hydrogens (tertiary/aromatic N) is 2. The Labute approximate surface area is 104 Å². The Bertz CT molecular complexity index is 557. The largest absolute Gasteiger partial charge is 0.306 e. The molecule has 2 aromatic rings. The summed E-state index contributed by atoms with van der Waals surface area (Å²) in [6, 6.07) is 4.99. The van der Waals surface area contributed by atoms with Crippen LogP contribution in [0.25, 0.3) is 0 Å². The number of carbonyl (C=O) groups excluding carboxylic acids is 1. The Morgan fingerprint density at radius 2 is 2.18 bits per heavy atom. The van der Waals surface area contributed by atoms with Crippen LogP contribution in [-0.4, -0.2) is 15.9 Å². The van der Waals surface area contributed by atoms with Crippen molar-refractivity contribution >= 4 is 23.3 Å². The molecule has 4 nitrogen and oxygen atoms in total. The van der Waals surface area contributed by atoms with Crippen molar-refractivity contribution in [1.29, 1.82) is 0 Å². The molecule has 0 aliphatic carbocycles. The predicted octanol–water partition coefficient (Wildman–Crippen LogP) is 2.69. The van der Waals surface area contributed by atoms with Gasteiger partial charge in [0.1, 0.15) is 5.82 Å². The lowest BCUT2D eigenvalue weighted by atomic mass is 10.2. The third kappa shape index (κ3) is 3.01. The van der Waals surface area contributed by atoms with E-state index in [9.17, 15) is 4.79 Å². The minimum absolute atomic E-state index is 0.254. The minimum Gasteiger partial charge on any atom is -0.306 e. The normalized spacial score (nSPS) is 10.0. The van der Waals surface area contributed by atoms with Gasteiger partial charge >= 0.3 is 0 Å². The maximum absolute atomic E-state index is 11.8. The molecule has 0 aliphatic heterocycles. The van der Waals surface area contributed by atoms with E-state index < -0.39 is 0 Å². The average Bonchev–Trinajstić information content (AvgIpc) is 2.29. The van der Waals surface area contributed by atoms with Crippen LogP contribution in [0, 0.1) is 6.92 Å². The van der Waals surface area contributed by atoms with E-state index in [1.165, 1.54) is 12.4 Å². The van der Waals surface area contributed by atoms with Gasteiger partial charge in [-0.05, 0) is 30.7 Å². The molecular formula is C12H10ClN3O. The number of rotatable bonds is 2. The number of anilines is 1. The zero-order valence-electron chi connectivity index (χ0n) is 9.14. The molecule has 0 saturated heterocycles. The number of aryl methyl sites for hydroxylation is 1. The zero-order valence-corrected chi connectivity index (χ0v) is 9.90. The van der Waals surface area contributed by atoms with Gasteiger partial charge in [-0.15, -0.1) is 0 Å². The number of nitrogens with one attached hydrogen (secondary N) is 1. The van der Waals surface area contributed by atoms with Crippen LogP contribution in [0.4, 0.5) is 5.82 Å². The molecule has 2 rings (SSSR count). The molecule has 0 radical (unpaired) electrons. The first-order valence-electron chi connectivity index (χ1n) is 5.00. The van der Waals surface area contributed by atoms with Gasteiger partial charge < -0.3 is 5.32 Å². The monoisotopic (exact) mass is 247 g/mol. The van der Waals surface area contributed by atoms with Gasteiger partial charge in [0.05, 0.1) is 5.56 Å². The summed E-state index contributed by atoms with van der Waals surface area (Å²) in [5.74, 6) is 0.167. The van der Waals surface area contributed by atoms with Gasteiger partial charge in [0, 0.05) is 23.6 Å². The lowest BCUT2D eigenvalue weighted by Gasteiger charge is -2.04. The number of amides is 1. The number of aromatic nitrogens is 2. The standard InChI is InChI=1S/C12H10ClN3O/c1-8-4-9(7-14-6-8)12(17)16-11-5-10(13)2-3-15-11/h2-7H,1H3,(H,15,16,17). The fraction of sp³-hybridized carbons (Fsp3) is 0.0833. The Kier molecular flexibility index (Phi) is 3.35. The second-order valence-corrected chi connectivity index (χ2v) is 4.00. The summed E-state index contributed by atoms with van der Waals surface area (Å²) < 4.78 is 0. The molecule has 0 spiro atoms. The van der Waals surface area contributed by atoms with Crippen LogP contribution in [0.2, 0.25) is 5.02 Å². The molecule has 1 amide bonds. The molecule has 2 heterocycles. The van der Waals surface area contributed by atoms with E-state index in [0.717, 1.165) is 5.56 Å². The first kappa shape index (κ1) is 11.5. The fourth-order valence-electron chi connectivity index (χ4n) is 1.34. The van der Waals surface area contributed by atoms with Crippen molar-refractivity contribution in [1.82, 2.24) is 9.97 Å². The van der Waals surface area contributed by atoms with Crippen molar-refractivity contribution in [2.75, 3.05) is 5.32 Å². The van der Waals surface area contributed by atoms with E-state index >= 15 is 0 Å². The van der Waals surface area contributed by atoms with Crippen LogP contribution in [0.15, 0.2) is 36.8 Å². The maximum atomic E-state index is 11.8. The molecule has 17 heavy (non-hydrogen) atoms. The van der Waals surface area contributed by atoms with Crippen molar-refractivity contribution < 1.29 is 4.79 Å². The number of pyridine rings is 2. The van der Waals surface area contributed by atoms with Gasteiger partial charge in [0.15, 0.2) is 0 Å². The van der Waals surface area contributed by atoms with Crippen molar-refractivity contribution in [3.8, 4) is 0 Å². The molecule has 0 fully saturated rings. The molecular weight excluding hydrogens is 238 g/mol. The van der Waals surface area contributed by atoms with Crippen LogP contribution in [0.3, 0.4) is 0 Å². The number of hydrogen-bond donors (Lipinski definition) is 1. The Morgan fingerprint density at radius 1 is 1.35 bits per heavy atom. The van der Waals surface area contributed by atoms with Gasteiger partial charge in [0.25, 0.3) is 5.91 Å². The predicted molar refractivity (Wildman–Crippen MR) is 66.2 cm³/mol. The molecule has 86 valence electrons. The van der Waals surface area contributed by atoms with Crippen molar-refractivity contribution in [2.24, 2.45) is 0 Å². The Balaban J connectivity index is 2.17. The van der Waals surface area contributed by atoms with E-state index in [-0.39, 0.29) is 5.91 Å². The number of halogens is 1. The topological polar surface area (TPSA) is 54.9 Å². The minimum atomic E-state index is -0.254. The molecule has 0 saturated carbocycles. The van der Waals surface area contributed by atoms with E-state index in [2.05, 4.69) is 15.3 Å². The van der Waals surface area contributed by atoms with E-state index in [4.69, 9.17) is 11.6 Å². The molecule has 5 heteroatoms. The average molecular weight is 248 g/mol. The van der Waals surface area contributed by atoms with Crippen LogP contribution < -0.4 is 5.32 Å². The van der Waals surface area contributed by atoms with Crippen molar-refractivity contribution in [3.63, 3.8) is 0 Å². The lowest BCUT2D eigenvalue weighted by molar-refractivity contribution is 0.102. The summed E-state index contributed by atoms with van der Waals surface area (Å²) in [7, 11) is 0. The van der Waals surface area contributed by atoms with Gasteiger partial charge in [0.2, 0.25) is 0 Å². The molecule has 2 aromatic heterocycles. The molecule has 0 atom stereocenters. The van der Waals surface area contributed by atoms with Crippen LogP contribution in [0.1, 0.15) is 15.9 Å². The van der Waals surface area contributed by atoms with Crippen LogP contribution in [-0.2, 0) is 0 Å². The van der Waals surface area contributed by atoms with E-state index in [1.54, 1.807) is 24.4 Å². The van der Waals surface area contributed by atoms with E-state index in [0.29, 0.717) is 16.4 Å². The highest BCUT2D eigenvalue weighted by atomic mass is 35.5. The highest BCUT2D eigenvalue weighted by molar-refractivity contribution is 6.30.